The third kappa shape index (κ3) is 2.33. The van der Waals surface area contributed by atoms with Gasteiger partial charge in [0.25, 0.3) is 0 Å². The number of nitrogens with zero attached hydrogens (tertiary/aromatic N) is 1. The van der Waals surface area contributed by atoms with E-state index in [1.807, 2.05) is 0 Å². The summed E-state index contributed by atoms with van der Waals surface area (Å²) in [5.41, 5.74) is 9.35. The van der Waals surface area contributed by atoms with Crippen LogP contribution in [0.1, 0.15) is 25.0 Å². The highest BCUT2D eigenvalue weighted by atomic mass is 15.0. The highest BCUT2D eigenvalue weighted by Gasteiger charge is 2.37. The summed E-state index contributed by atoms with van der Waals surface area (Å²) in [5.74, 6) is 0. The average Bonchev–Trinajstić information content (AvgIpc) is 3.41. The van der Waals surface area contributed by atoms with Gasteiger partial charge in [-0.1, -0.05) is 98.8 Å². The Morgan fingerprint density at radius 2 is 1.18 bits per heavy atom. The Morgan fingerprint density at radius 1 is 0.500 bits per heavy atom. The van der Waals surface area contributed by atoms with Gasteiger partial charge < -0.3 is 4.57 Å². The molecular weight excluding hydrogens is 458 g/mol. The molecule has 8 aromatic rings. The quantitative estimate of drug-likeness (QED) is 0.205. The Hall–Kier alpha value is -4.62. The number of para-hydroxylation sites is 2. The Kier molecular flexibility index (Phi) is 3.67. The maximum atomic E-state index is 2.45. The number of aromatic nitrogens is 1. The van der Waals surface area contributed by atoms with E-state index in [0.29, 0.717) is 0 Å². The maximum absolute atomic E-state index is 2.45. The Morgan fingerprint density at radius 3 is 2.05 bits per heavy atom. The summed E-state index contributed by atoms with van der Waals surface area (Å²) in [6, 6.07) is 42.9. The summed E-state index contributed by atoms with van der Waals surface area (Å²) in [6.07, 6.45) is 0. The van der Waals surface area contributed by atoms with Gasteiger partial charge in [-0.25, -0.2) is 0 Å². The van der Waals surface area contributed by atoms with Gasteiger partial charge in [0.15, 0.2) is 0 Å². The van der Waals surface area contributed by atoms with Crippen LogP contribution in [-0.2, 0) is 5.41 Å². The molecule has 9 rings (SSSR count). The van der Waals surface area contributed by atoms with Gasteiger partial charge in [0.1, 0.15) is 0 Å². The van der Waals surface area contributed by atoms with Gasteiger partial charge in [-0.15, -0.1) is 0 Å². The lowest BCUT2D eigenvalue weighted by Gasteiger charge is -2.24. The van der Waals surface area contributed by atoms with Crippen molar-refractivity contribution in [2.45, 2.75) is 19.3 Å². The normalized spacial score (nSPS) is 14.3. The zero-order valence-electron chi connectivity index (χ0n) is 21.4. The molecule has 0 amide bonds. The molecule has 0 saturated carbocycles. The van der Waals surface area contributed by atoms with Crippen molar-refractivity contribution in [3.8, 4) is 16.8 Å². The van der Waals surface area contributed by atoms with E-state index < -0.39 is 0 Å². The lowest BCUT2D eigenvalue weighted by molar-refractivity contribution is 0.666. The van der Waals surface area contributed by atoms with Gasteiger partial charge in [0.05, 0.1) is 11.0 Å². The molecule has 178 valence electrons. The zero-order chi connectivity index (χ0) is 25.2. The number of benzene rings is 7. The molecule has 0 fully saturated rings. The molecule has 0 atom stereocenters. The molecule has 0 bridgehead atoms. The molecule has 38 heavy (non-hydrogen) atoms. The van der Waals surface area contributed by atoms with Crippen LogP contribution in [0.25, 0.3) is 70.9 Å². The number of hydrogen-bond acceptors (Lipinski definition) is 0. The van der Waals surface area contributed by atoms with Gasteiger partial charge in [-0.3, -0.25) is 0 Å². The number of fused-ring (bicyclic) bond motifs is 8. The first-order valence-electron chi connectivity index (χ1n) is 13.5. The van der Waals surface area contributed by atoms with Gasteiger partial charge >= 0.3 is 0 Å². The molecule has 1 heteroatoms. The Balaban J connectivity index is 1.49. The molecule has 1 aliphatic rings. The predicted octanol–water partition coefficient (Wildman–Crippen LogP) is 9.99. The molecular formula is C37H25N. The molecule has 0 N–H and O–H groups in total. The fourth-order valence-electron chi connectivity index (χ4n) is 7.54. The molecule has 0 spiro atoms. The van der Waals surface area contributed by atoms with Crippen LogP contribution in [-0.4, -0.2) is 4.57 Å². The van der Waals surface area contributed by atoms with Crippen LogP contribution in [0.4, 0.5) is 0 Å². The smallest absolute Gasteiger partial charge is 0.0553 e. The second-order valence-corrected chi connectivity index (χ2v) is 11.4. The highest BCUT2D eigenvalue weighted by molar-refractivity contribution is 6.34. The van der Waals surface area contributed by atoms with Gasteiger partial charge in [0, 0.05) is 21.9 Å². The van der Waals surface area contributed by atoms with Crippen molar-refractivity contribution in [2.24, 2.45) is 0 Å². The fraction of sp³-hybridized carbons (Fsp3) is 0.0811. The van der Waals surface area contributed by atoms with Crippen LogP contribution >= 0.6 is 0 Å². The monoisotopic (exact) mass is 483 g/mol. The third-order valence-electron chi connectivity index (χ3n) is 9.07. The molecule has 1 nitrogen and oxygen atoms in total. The molecule has 0 unspecified atom stereocenters. The minimum Gasteiger partial charge on any atom is -0.309 e. The molecule has 1 aliphatic carbocycles. The highest BCUT2D eigenvalue weighted by Crippen LogP contribution is 2.54. The van der Waals surface area contributed by atoms with E-state index in [1.165, 1.54) is 82.1 Å². The SMILES string of the molecule is CC1(C)c2ccccc2-c2cc3ccc4cc5c(c6ccc(c21)c3c46)c1ccccc1n5-c1ccccc1. The minimum absolute atomic E-state index is 0.0348. The first-order chi connectivity index (χ1) is 18.6. The van der Waals surface area contributed by atoms with Crippen molar-refractivity contribution in [2.75, 3.05) is 0 Å². The summed E-state index contributed by atoms with van der Waals surface area (Å²) in [6.45, 7) is 4.78. The van der Waals surface area contributed by atoms with E-state index in [0.717, 1.165) is 0 Å². The summed E-state index contributed by atoms with van der Waals surface area (Å²) in [5, 5.41) is 10.8. The van der Waals surface area contributed by atoms with Gasteiger partial charge in [0.2, 0.25) is 0 Å². The average molecular weight is 484 g/mol. The topological polar surface area (TPSA) is 4.93 Å². The van der Waals surface area contributed by atoms with Crippen LogP contribution in [0.3, 0.4) is 0 Å². The first-order valence-corrected chi connectivity index (χ1v) is 13.5. The van der Waals surface area contributed by atoms with Crippen LogP contribution in [0.2, 0.25) is 0 Å². The standard InChI is InChI=1S/C37H25N/c1-37(2)30-14-8-6-12-25(30)29-20-22-16-17-23-21-32-35(27-18-19-28(36(29)37)34(22)33(23)27)26-13-7-9-15-31(26)38(32)24-10-4-3-5-11-24/h3-21H,1-2H3. The van der Waals surface area contributed by atoms with Crippen molar-refractivity contribution < 1.29 is 0 Å². The first kappa shape index (κ1) is 20.4. The minimum atomic E-state index is -0.0348. The van der Waals surface area contributed by atoms with Crippen LogP contribution < -0.4 is 0 Å². The molecule has 1 heterocycles. The van der Waals surface area contributed by atoms with Crippen molar-refractivity contribution >= 4 is 54.1 Å². The van der Waals surface area contributed by atoms with Crippen molar-refractivity contribution in [3.05, 3.63) is 126 Å². The van der Waals surface area contributed by atoms with E-state index in [1.54, 1.807) is 0 Å². The predicted molar refractivity (Wildman–Crippen MR) is 162 cm³/mol. The van der Waals surface area contributed by atoms with Gasteiger partial charge in [-0.2, -0.15) is 0 Å². The van der Waals surface area contributed by atoms with Crippen molar-refractivity contribution in [1.29, 1.82) is 0 Å². The second-order valence-electron chi connectivity index (χ2n) is 11.4. The maximum Gasteiger partial charge on any atom is 0.0553 e. The molecule has 1 aromatic heterocycles. The third-order valence-corrected chi connectivity index (χ3v) is 9.07. The van der Waals surface area contributed by atoms with E-state index in [2.05, 4.69) is 134 Å². The van der Waals surface area contributed by atoms with Crippen LogP contribution in [0.15, 0.2) is 115 Å². The summed E-state index contributed by atoms with van der Waals surface area (Å²) in [4.78, 5) is 0. The van der Waals surface area contributed by atoms with Crippen LogP contribution in [0.5, 0.6) is 0 Å². The lowest BCUT2D eigenvalue weighted by atomic mass is 9.78. The second kappa shape index (κ2) is 6.82. The number of rotatable bonds is 1. The lowest BCUT2D eigenvalue weighted by Crippen LogP contribution is -2.15. The van der Waals surface area contributed by atoms with Gasteiger partial charge in [-0.05, 0) is 84.9 Å². The molecule has 0 radical (unpaired) electrons. The van der Waals surface area contributed by atoms with Crippen LogP contribution in [0, 0.1) is 0 Å². The summed E-state index contributed by atoms with van der Waals surface area (Å²) >= 11 is 0. The Bertz CT molecular complexity index is 2250. The van der Waals surface area contributed by atoms with E-state index in [4.69, 9.17) is 0 Å². The van der Waals surface area contributed by atoms with E-state index in [9.17, 15) is 0 Å². The Labute approximate surface area is 220 Å². The summed E-state index contributed by atoms with van der Waals surface area (Å²) in [7, 11) is 0. The number of hydrogen-bond donors (Lipinski definition) is 0. The molecule has 7 aromatic carbocycles. The zero-order valence-corrected chi connectivity index (χ0v) is 21.4. The van der Waals surface area contributed by atoms with E-state index >= 15 is 0 Å². The molecule has 0 aliphatic heterocycles. The largest absolute Gasteiger partial charge is 0.309 e. The van der Waals surface area contributed by atoms with Crippen molar-refractivity contribution in [1.82, 2.24) is 4.57 Å². The summed E-state index contributed by atoms with van der Waals surface area (Å²) < 4.78 is 2.43. The fourth-order valence-corrected chi connectivity index (χ4v) is 7.54. The van der Waals surface area contributed by atoms with E-state index in [-0.39, 0.29) is 5.41 Å². The molecule has 0 saturated heterocycles. The van der Waals surface area contributed by atoms with Crippen molar-refractivity contribution in [3.63, 3.8) is 0 Å².